The van der Waals surface area contributed by atoms with Gasteiger partial charge in [0.15, 0.2) is 18.9 Å². The molecule has 9 N–H and O–H groups in total. The van der Waals surface area contributed by atoms with Crippen molar-refractivity contribution < 1.29 is 69.3 Å². The van der Waals surface area contributed by atoms with Crippen LogP contribution in [0.1, 0.15) is 20.8 Å². The third kappa shape index (κ3) is 5.93. The molecule has 3 fully saturated rings. The summed E-state index contributed by atoms with van der Waals surface area (Å²) in [6, 6.07) is -1.29. The van der Waals surface area contributed by atoms with Gasteiger partial charge < -0.3 is 69.9 Å². The molecule has 0 unspecified atom stereocenters. The van der Waals surface area contributed by atoms with E-state index in [4.69, 9.17) is 23.7 Å². The van der Waals surface area contributed by atoms with E-state index >= 15 is 0 Å². The molecule has 3 aliphatic rings. The molecule has 0 aromatic heterocycles. The SMILES string of the molecule is CC(=O)N[C@H]1[C@H](O[C@H]2[C@H](O)[C@H](O)[C@@H](O[C@H]3[C@H](O)[C@@H](C)O[C@H](O)[C@H]3O)O[C@@H]2C)O[C@H](CO)[C@@H](O)[C@@H]1O. The molecule has 3 rings (SSSR count). The van der Waals surface area contributed by atoms with Crippen LogP contribution in [0.2, 0.25) is 0 Å². The van der Waals surface area contributed by atoms with E-state index in [0.29, 0.717) is 0 Å². The zero-order chi connectivity index (χ0) is 26.2. The smallest absolute Gasteiger partial charge is 0.217 e. The molecule has 204 valence electrons. The van der Waals surface area contributed by atoms with Crippen molar-refractivity contribution in [1.82, 2.24) is 5.32 Å². The quantitative estimate of drug-likeness (QED) is 0.161. The van der Waals surface area contributed by atoms with Crippen LogP contribution in [0.3, 0.4) is 0 Å². The van der Waals surface area contributed by atoms with Crippen LogP contribution in [-0.2, 0) is 28.5 Å². The molecule has 1 amide bonds. The highest BCUT2D eigenvalue weighted by molar-refractivity contribution is 5.73. The van der Waals surface area contributed by atoms with Crippen LogP contribution in [0.5, 0.6) is 0 Å². The fourth-order valence-corrected chi connectivity index (χ4v) is 4.38. The zero-order valence-electron chi connectivity index (χ0n) is 19.4. The van der Waals surface area contributed by atoms with Gasteiger partial charge in [0.05, 0.1) is 18.8 Å². The molecule has 0 aromatic carbocycles. The number of amides is 1. The summed E-state index contributed by atoms with van der Waals surface area (Å²) < 4.78 is 27.3. The molecule has 3 saturated heterocycles. The number of rotatable bonds is 6. The van der Waals surface area contributed by atoms with Gasteiger partial charge in [-0.3, -0.25) is 4.79 Å². The van der Waals surface area contributed by atoms with Crippen molar-refractivity contribution in [1.29, 1.82) is 0 Å². The lowest BCUT2D eigenvalue weighted by Crippen LogP contribution is -2.67. The number of aliphatic hydroxyl groups is 8. The second kappa shape index (κ2) is 11.6. The molecular formula is C20H35NO14. The van der Waals surface area contributed by atoms with E-state index in [1.807, 2.05) is 0 Å². The van der Waals surface area contributed by atoms with Crippen molar-refractivity contribution >= 4 is 5.91 Å². The average Bonchev–Trinajstić information content (AvgIpc) is 2.80. The summed E-state index contributed by atoms with van der Waals surface area (Å²) in [5.74, 6) is -0.576. The summed E-state index contributed by atoms with van der Waals surface area (Å²) in [6.45, 7) is 3.38. The molecule has 0 aromatic rings. The van der Waals surface area contributed by atoms with Crippen LogP contribution in [0.25, 0.3) is 0 Å². The van der Waals surface area contributed by atoms with Crippen molar-refractivity contribution in [3.05, 3.63) is 0 Å². The summed E-state index contributed by atoms with van der Waals surface area (Å²) in [5, 5.41) is 83.9. The first-order chi connectivity index (χ1) is 16.4. The van der Waals surface area contributed by atoms with E-state index in [-0.39, 0.29) is 0 Å². The predicted octanol–water partition coefficient (Wildman–Crippen LogP) is -5.37. The van der Waals surface area contributed by atoms with Crippen LogP contribution >= 0.6 is 0 Å². The maximum atomic E-state index is 11.6. The Kier molecular flexibility index (Phi) is 9.42. The highest BCUT2D eigenvalue weighted by Gasteiger charge is 2.52. The summed E-state index contributed by atoms with van der Waals surface area (Å²) >= 11 is 0. The molecule has 15 atom stereocenters. The fourth-order valence-electron chi connectivity index (χ4n) is 4.38. The molecule has 0 saturated carbocycles. The number of nitrogens with one attached hydrogen (secondary N) is 1. The van der Waals surface area contributed by atoms with Crippen LogP contribution in [0, 0.1) is 0 Å². The van der Waals surface area contributed by atoms with Crippen LogP contribution in [0.15, 0.2) is 0 Å². The number of hydrogen-bond acceptors (Lipinski definition) is 14. The van der Waals surface area contributed by atoms with Gasteiger partial charge in [-0.05, 0) is 13.8 Å². The normalized spacial score (nSPS) is 51.1. The minimum atomic E-state index is -1.77. The minimum Gasteiger partial charge on any atom is -0.394 e. The third-order valence-corrected chi connectivity index (χ3v) is 6.41. The Labute approximate surface area is 200 Å². The van der Waals surface area contributed by atoms with Gasteiger partial charge in [0.1, 0.15) is 61.0 Å². The van der Waals surface area contributed by atoms with E-state index in [9.17, 15) is 45.6 Å². The topological polar surface area (TPSA) is 237 Å². The largest absolute Gasteiger partial charge is 0.394 e. The molecule has 3 aliphatic heterocycles. The Morgan fingerprint density at radius 2 is 1.37 bits per heavy atom. The van der Waals surface area contributed by atoms with Crippen molar-refractivity contribution in [3.8, 4) is 0 Å². The molecule has 0 aliphatic carbocycles. The van der Waals surface area contributed by atoms with E-state index in [1.54, 1.807) is 0 Å². The number of hydrogen-bond donors (Lipinski definition) is 9. The first-order valence-electron chi connectivity index (χ1n) is 11.3. The van der Waals surface area contributed by atoms with Crippen LogP contribution in [-0.4, -0.2) is 145 Å². The van der Waals surface area contributed by atoms with Gasteiger partial charge in [-0.2, -0.15) is 0 Å². The molecule has 0 spiro atoms. The first-order valence-corrected chi connectivity index (χ1v) is 11.3. The zero-order valence-corrected chi connectivity index (χ0v) is 19.4. The minimum absolute atomic E-state index is 0.576. The van der Waals surface area contributed by atoms with Gasteiger partial charge in [-0.1, -0.05) is 0 Å². The van der Waals surface area contributed by atoms with E-state index in [0.717, 1.165) is 6.92 Å². The second-order valence-electron chi connectivity index (χ2n) is 9.04. The molecule has 35 heavy (non-hydrogen) atoms. The maximum absolute atomic E-state index is 11.6. The molecular weight excluding hydrogens is 478 g/mol. The summed E-state index contributed by atoms with van der Waals surface area (Å²) in [4.78, 5) is 11.6. The number of carbonyl (C=O) groups is 1. The van der Waals surface area contributed by atoms with Gasteiger partial charge in [-0.15, -0.1) is 0 Å². The van der Waals surface area contributed by atoms with E-state index in [2.05, 4.69) is 5.32 Å². The first kappa shape index (κ1) is 28.5. The lowest BCUT2D eigenvalue weighted by atomic mass is 9.95. The molecule has 15 nitrogen and oxygen atoms in total. The van der Waals surface area contributed by atoms with Gasteiger partial charge in [0, 0.05) is 6.92 Å². The molecule has 0 radical (unpaired) electrons. The van der Waals surface area contributed by atoms with Gasteiger partial charge >= 0.3 is 0 Å². The van der Waals surface area contributed by atoms with E-state index < -0.39 is 105 Å². The van der Waals surface area contributed by atoms with Crippen molar-refractivity contribution in [2.24, 2.45) is 0 Å². The second-order valence-corrected chi connectivity index (χ2v) is 9.04. The van der Waals surface area contributed by atoms with E-state index in [1.165, 1.54) is 13.8 Å². The lowest BCUT2D eigenvalue weighted by Gasteiger charge is -2.48. The predicted molar refractivity (Wildman–Crippen MR) is 110 cm³/mol. The van der Waals surface area contributed by atoms with Gasteiger partial charge in [-0.25, -0.2) is 0 Å². The lowest BCUT2D eigenvalue weighted by molar-refractivity contribution is -0.367. The number of aliphatic hydroxyl groups excluding tert-OH is 8. The summed E-state index contributed by atoms with van der Waals surface area (Å²) in [5.41, 5.74) is 0. The Morgan fingerprint density at radius 3 is 1.97 bits per heavy atom. The summed E-state index contributed by atoms with van der Waals surface area (Å²) in [7, 11) is 0. The average molecular weight is 513 g/mol. The Morgan fingerprint density at radius 1 is 0.743 bits per heavy atom. The van der Waals surface area contributed by atoms with Crippen molar-refractivity contribution in [3.63, 3.8) is 0 Å². The van der Waals surface area contributed by atoms with Crippen LogP contribution < -0.4 is 5.32 Å². The third-order valence-electron chi connectivity index (χ3n) is 6.41. The fraction of sp³-hybridized carbons (Fsp3) is 0.950. The van der Waals surface area contributed by atoms with Gasteiger partial charge in [0.25, 0.3) is 0 Å². The number of ether oxygens (including phenoxy) is 5. The Hall–Kier alpha value is -1.05. The summed E-state index contributed by atoms with van der Waals surface area (Å²) in [6.07, 6.45) is -20.2. The Bertz CT molecular complexity index is 701. The maximum Gasteiger partial charge on any atom is 0.217 e. The highest BCUT2D eigenvalue weighted by atomic mass is 16.7. The van der Waals surface area contributed by atoms with Crippen molar-refractivity contribution in [2.75, 3.05) is 6.61 Å². The van der Waals surface area contributed by atoms with Crippen molar-refractivity contribution in [2.45, 2.75) is 113 Å². The standard InChI is InChI=1S/C20H35NO14/c1-5-10(24)17(15(29)18(30)31-5)35-20-14(28)13(27)16(6(2)32-20)34-19-9(21-7(3)23)12(26)11(25)8(4-22)33-19/h5-6,8-20,22,24-30H,4H2,1-3H3,(H,21,23)/t5-,6-,8-,9-,10-,11-,12-,13-,14+,15+,16-,17+,18+,19+,20-/m1/s1. The monoisotopic (exact) mass is 513 g/mol. The Balaban J connectivity index is 1.72. The highest BCUT2D eigenvalue weighted by Crippen LogP contribution is 2.32. The molecule has 3 heterocycles. The molecule has 0 bridgehead atoms. The molecule has 15 heteroatoms. The van der Waals surface area contributed by atoms with Crippen LogP contribution in [0.4, 0.5) is 0 Å². The van der Waals surface area contributed by atoms with Gasteiger partial charge in [0.2, 0.25) is 5.91 Å². The number of carbonyl (C=O) groups excluding carboxylic acids is 1.